The van der Waals surface area contributed by atoms with Crippen molar-refractivity contribution in [1.82, 2.24) is 9.78 Å². The Kier molecular flexibility index (Phi) is 4.46. The molecule has 8 heteroatoms. The molecule has 2 aromatic rings. The SMILES string of the molecule is CC(C)(C)OC(=O)c1cc2n(n1)[C@H](C(F)(F)F)C[C@H](c1ccccc1)N2. The molecular formula is C18H20F3N3O2. The molecule has 0 aliphatic carbocycles. The summed E-state index contributed by atoms with van der Waals surface area (Å²) in [5, 5.41) is 6.92. The molecular weight excluding hydrogens is 347 g/mol. The van der Waals surface area contributed by atoms with Gasteiger partial charge in [0.1, 0.15) is 11.4 Å². The fourth-order valence-electron chi connectivity index (χ4n) is 2.91. The second-order valence-electron chi connectivity index (χ2n) is 7.26. The van der Waals surface area contributed by atoms with Crippen LogP contribution in [0.15, 0.2) is 36.4 Å². The summed E-state index contributed by atoms with van der Waals surface area (Å²) in [6.45, 7) is 5.05. The summed E-state index contributed by atoms with van der Waals surface area (Å²) < 4.78 is 46.8. The largest absolute Gasteiger partial charge is 0.455 e. The zero-order valence-corrected chi connectivity index (χ0v) is 14.7. The van der Waals surface area contributed by atoms with Crippen LogP contribution in [0.2, 0.25) is 0 Å². The van der Waals surface area contributed by atoms with Crippen molar-refractivity contribution >= 4 is 11.8 Å². The van der Waals surface area contributed by atoms with Gasteiger partial charge < -0.3 is 10.1 Å². The number of aromatic nitrogens is 2. The van der Waals surface area contributed by atoms with Gasteiger partial charge >= 0.3 is 12.1 Å². The van der Waals surface area contributed by atoms with Crippen molar-refractivity contribution < 1.29 is 22.7 Å². The minimum absolute atomic E-state index is 0.147. The third-order valence-corrected chi connectivity index (χ3v) is 4.00. The van der Waals surface area contributed by atoms with E-state index in [0.29, 0.717) is 0 Å². The Bertz CT molecular complexity index is 794. The van der Waals surface area contributed by atoms with E-state index in [4.69, 9.17) is 4.74 Å². The van der Waals surface area contributed by atoms with Crippen molar-refractivity contribution in [3.63, 3.8) is 0 Å². The Morgan fingerprint density at radius 1 is 1.23 bits per heavy atom. The van der Waals surface area contributed by atoms with Gasteiger partial charge in [-0.1, -0.05) is 30.3 Å². The lowest BCUT2D eigenvalue weighted by atomic mass is 9.97. The van der Waals surface area contributed by atoms with Gasteiger partial charge in [0, 0.05) is 12.5 Å². The number of benzene rings is 1. The first kappa shape index (κ1) is 18.3. The number of anilines is 1. The second kappa shape index (κ2) is 6.34. The summed E-state index contributed by atoms with van der Waals surface area (Å²) in [5.41, 5.74) is -0.164. The van der Waals surface area contributed by atoms with Gasteiger partial charge in [-0.2, -0.15) is 18.3 Å². The van der Waals surface area contributed by atoms with E-state index in [1.54, 1.807) is 51.1 Å². The van der Waals surface area contributed by atoms with Crippen LogP contribution in [0.5, 0.6) is 0 Å². The monoisotopic (exact) mass is 367 g/mol. The molecule has 140 valence electrons. The molecule has 5 nitrogen and oxygen atoms in total. The highest BCUT2D eigenvalue weighted by Gasteiger charge is 2.47. The van der Waals surface area contributed by atoms with Gasteiger partial charge in [-0.3, -0.25) is 0 Å². The number of carbonyl (C=O) groups is 1. The number of ether oxygens (including phenoxy) is 1. The van der Waals surface area contributed by atoms with E-state index in [2.05, 4.69) is 10.4 Å². The van der Waals surface area contributed by atoms with E-state index in [1.807, 2.05) is 0 Å². The zero-order valence-electron chi connectivity index (χ0n) is 14.7. The van der Waals surface area contributed by atoms with E-state index in [-0.39, 0.29) is 17.9 Å². The lowest BCUT2D eigenvalue weighted by Gasteiger charge is -2.33. The fourth-order valence-corrected chi connectivity index (χ4v) is 2.91. The summed E-state index contributed by atoms with van der Waals surface area (Å²) in [5.74, 6) is -0.605. The Labute approximate surface area is 149 Å². The van der Waals surface area contributed by atoms with Crippen LogP contribution in [0.1, 0.15) is 55.3 Å². The Morgan fingerprint density at radius 3 is 2.46 bits per heavy atom. The van der Waals surface area contributed by atoms with Crippen LogP contribution in [0.3, 0.4) is 0 Å². The molecule has 2 atom stereocenters. The van der Waals surface area contributed by atoms with Gasteiger partial charge in [-0.25, -0.2) is 9.48 Å². The number of hydrogen-bond acceptors (Lipinski definition) is 4. The van der Waals surface area contributed by atoms with Gasteiger partial charge in [0.2, 0.25) is 0 Å². The number of halogens is 3. The number of nitrogens with zero attached hydrogens (tertiary/aromatic N) is 2. The number of fused-ring (bicyclic) bond motifs is 1. The number of nitrogens with one attached hydrogen (secondary N) is 1. The molecule has 0 amide bonds. The predicted octanol–water partition coefficient (Wildman–Crippen LogP) is 4.50. The normalized spacial score (nSPS) is 20.2. The van der Waals surface area contributed by atoms with Crippen LogP contribution in [-0.4, -0.2) is 27.5 Å². The van der Waals surface area contributed by atoms with Crippen LogP contribution >= 0.6 is 0 Å². The molecule has 1 aliphatic rings. The smallest absolute Gasteiger partial charge is 0.410 e. The topological polar surface area (TPSA) is 56.2 Å². The molecule has 0 saturated carbocycles. The Balaban J connectivity index is 1.96. The molecule has 1 aromatic heterocycles. The molecule has 1 aromatic carbocycles. The van der Waals surface area contributed by atoms with Crippen molar-refractivity contribution in [3.8, 4) is 0 Å². The molecule has 1 aliphatic heterocycles. The zero-order chi connectivity index (χ0) is 19.1. The van der Waals surface area contributed by atoms with Gasteiger partial charge in [0.05, 0.1) is 6.04 Å². The van der Waals surface area contributed by atoms with E-state index >= 15 is 0 Å². The number of esters is 1. The van der Waals surface area contributed by atoms with Gasteiger partial charge in [-0.05, 0) is 26.3 Å². The average molecular weight is 367 g/mol. The van der Waals surface area contributed by atoms with Crippen molar-refractivity contribution in [2.75, 3.05) is 5.32 Å². The molecule has 1 N–H and O–H groups in total. The molecule has 26 heavy (non-hydrogen) atoms. The summed E-state index contributed by atoms with van der Waals surface area (Å²) in [6, 6.07) is 7.85. The van der Waals surface area contributed by atoms with E-state index in [9.17, 15) is 18.0 Å². The van der Waals surface area contributed by atoms with Crippen LogP contribution < -0.4 is 5.32 Å². The van der Waals surface area contributed by atoms with Gasteiger partial charge in [0.15, 0.2) is 11.7 Å². The number of carbonyl (C=O) groups excluding carboxylic acids is 1. The van der Waals surface area contributed by atoms with E-state index in [1.165, 1.54) is 6.07 Å². The maximum absolute atomic E-state index is 13.6. The molecule has 0 bridgehead atoms. The standard InChI is InChI=1S/C18H20F3N3O2/c1-17(2,3)26-16(25)13-10-15-22-12(11-7-5-4-6-8-11)9-14(18(19,20)21)24(15)23-13/h4-8,10,12,14,22H,9H2,1-3H3/t12-,14+/m1/s1. The minimum Gasteiger partial charge on any atom is -0.455 e. The fraction of sp³-hybridized carbons (Fsp3) is 0.444. The molecule has 0 saturated heterocycles. The Morgan fingerprint density at radius 2 is 1.88 bits per heavy atom. The minimum atomic E-state index is -4.49. The summed E-state index contributed by atoms with van der Waals surface area (Å²) in [7, 11) is 0. The van der Waals surface area contributed by atoms with Gasteiger partial charge in [0.25, 0.3) is 0 Å². The first-order valence-electron chi connectivity index (χ1n) is 8.26. The summed E-state index contributed by atoms with van der Waals surface area (Å²) >= 11 is 0. The lowest BCUT2D eigenvalue weighted by molar-refractivity contribution is -0.173. The quantitative estimate of drug-likeness (QED) is 0.794. The average Bonchev–Trinajstić information content (AvgIpc) is 2.96. The molecule has 0 unspecified atom stereocenters. The summed E-state index contributed by atoms with van der Waals surface area (Å²) in [4.78, 5) is 12.2. The number of hydrogen-bond donors (Lipinski definition) is 1. The van der Waals surface area contributed by atoms with Crippen LogP contribution in [0.4, 0.5) is 19.0 Å². The predicted molar refractivity (Wildman–Crippen MR) is 89.9 cm³/mol. The Hall–Kier alpha value is -2.51. The number of alkyl halides is 3. The van der Waals surface area contributed by atoms with Crippen LogP contribution in [-0.2, 0) is 4.74 Å². The first-order chi connectivity index (χ1) is 12.0. The van der Waals surface area contributed by atoms with Crippen molar-refractivity contribution in [2.24, 2.45) is 0 Å². The molecule has 0 radical (unpaired) electrons. The molecule has 0 fully saturated rings. The summed E-state index contributed by atoms with van der Waals surface area (Å²) in [6.07, 6.45) is -4.70. The van der Waals surface area contributed by atoms with Crippen molar-refractivity contribution in [2.45, 2.75) is 51.1 Å². The van der Waals surface area contributed by atoms with E-state index in [0.717, 1.165) is 10.2 Å². The maximum Gasteiger partial charge on any atom is 0.410 e. The molecule has 2 heterocycles. The highest BCUT2D eigenvalue weighted by Crippen LogP contribution is 2.43. The van der Waals surface area contributed by atoms with Crippen LogP contribution in [0.25, 0.3) is 0 Å². The van der Waals surface area contributed by atoms with Crippen molar-refractivity contribution in [1.29, 1.82) is 0 Å². The third-order valence-electron chi connectivity index (χ3n) is 4.00. The second-order valence-corrected chi connectivity index (χ2v) is 7.26. The first-order valence-corrected chi connectivity index (χ1v) is 8.26. The maximum atomic E-state index is 13.6. The number of rotatable bonds is 2. The lowest BCUT2D eigenvalue weighted by Crippen LogP contribution is -2.35. The highest BCUT2D eigenvalue weighted by atomic mass is 19.4. The third kappa shape index (κ3) is 3.84. The van der Waals surface area contributed by atoms with Gasteiger partial charge in [-0.15, -0.1) is 0 Å². The molecule has 3 rings (SSSR count). The highest BCUT2D eigenvalue weighted by molar-refractivity contribution is 5.88. The van der Waals surface area contributed by atoms with Crippen molar-refractivity contribution in [3.05, 3.63) is 47.7 Å². The van der Waals surface area contributed by atoms with E-state index < -0.39 is 29.8 Å². The molecule has 0 spiro atoms. The van der Waals surface area contributed by atoms with Crippen LogP contribution in [0, 0.1) is 0 Å².